The zero-order valence-corrected chi connectivity index (χ0v) is 11.8. The number of benzene rings is 1. The van der Waals surface area contributed by atoms with Gasteiger partial charge in [0.25, 0.3) is 0 Å². The fraction of sp³-hybridized carbons (Fsp3) is 0.562. The third-order valence-corrected chi connectivity index (χ3v) is 4.23. The summed E-state index contributed by atoms with van der Waals surface area (Å²) in [5, 5.41) is 8.80. The lowest BCUT2D eigenvalue weighted by atomic mass is 10.1. The van der Waals surface area contributed by atoms with Crippen LogP contribution in [0.5, 0.6) is 0 Å². The van der Waals surface area contributed by atoms with Gasteiger partial charge in [0.1, 0.15) is 0 Å². The van der Waals surface area contributed by atoms with Gasteiger partial charge in [-0.3, -0.25) is 14.6 Å². The number of piperazine rings is 1. The lowest BCUT2D eigenvalue weighted by Gasteiger charge is -2.33. The molecule has 0 unspecified atom stereocenters. The standard InChI is InChI=1S/C16H22N2O2/c19-16(20)12-18-8-6-17(7-9-18)11-13-2-1-3-15(10-13)14-4-5-14/h1-3,10,14H,4-9,11-12H2,(H,19,20). The highest BCUT2D eigenvalue weighted by atomic mass is 16.4. The molecule has 0 atom stereocenters. The third kappa shape index (κ3) is 3.58. The summed E-state index contributed by atoms with van der Waals surface area (Å²) in [5.74, 6) is 0.0814. The first kappa shape index (κ1) is 13.6. The minimum Gasteiger partial charge on any atom is -0.480 e. The zero-order chi connectivity index (χ0) is 13.9. The van der Waals surface area contributed by atoms with Crippen LogP contribution >= 0.6 is 0 Å². The fourth-order valence-electron chi connectivity index (χ4n) is 2.92. The Morgan fingerprint density at radius 3 is 2.50 bits per heavy atom. The second-order valence-electron chi connectivity index (χ2n) is 5.97. The molecule has 20 heavy (non-hydrogen) atoms. The molecule has 4 nitrogen and oxygen atoms in total. The van der Waals surface area contributed by atoms with E-state index in [1.54, 1.807) is 0 Å². The van der Waals surface area contributed by atoms with Crippen LogP contribution in [0.25, 0.3) is 0 Å². The van der Waals surface area contributed by atoms with Gasteiger partial charge in [-0.2, -0.15) is 0 Å². The first-order valence-corrected chi connectivity index (χ1v) is 7.46. The highest BCUT2D eigenvalue weighted by Gasteiger charge is 2.24. The molecule has 1 saturated carbocycles. The topological polar surface area (TPSA) is 43.8 Å². The highest BCUT2D eigenvalue weighted by Crippen LogP contribution is 2.40. The Hall–Kier alpha value is -1.39. The van der Waals surface area contributed by atoms with Gasteiger partial charge in [0.05, 0.1) is 6.54 Å². The van der Waals surface area contributed by atoms with Crippen LogP contribution in [-0.2, 0) is 11.3 Å². The average molecular weight is 274 g/mol. The van der Waals surface area contributed by atoms with Gasteiger partial charge >= 0.3 is 5.97 Å². The number of aliphatic carboxylic acids is 1. The molecule has 2 fully saturated rings. The highest BCUT2D eigenvalue weighted by molar-refractivity contribution is 5.69. The molecule has 1 aliphatic carbocycles. The first-order valence-electron chi connectivity index (χ1n) is 7.46. The Labute approximate surface area is 120 Å². The lowest BCUT2D eigenvalue weighted by molar-refractivity contribution is -0.138. The van der Waals surface area contributed by atoms with Gasteiger partial charge < -0.3 is 5.11 Å². The van der Waals surface area contributed by atoms with Crippen molar-refractivity contribution in [3.63, 3.8) is 0 Å². The molecule has 0 amide bonds. The van der Waals surface area contributed by atoms with E-state index in [2.05, 4.69) is 29.2 Å². The second kappa shape index (κ2) is 5.94. The van der Waals surface area contributed by atoms with Crippen LogP contribution in [0.3, 0.4) is 0 Å². The molecule has 1 N–H and O–H groups in total. The van der Waals surface area contributed by atoms with E-state index in [0.717, 1.165) is 38.6 Å². The molecule has 3 rings (SSSR count). The van der Waals surface area contributed by atoms with Gasteiger partial charge in [0.2, 0.25) is 0 Å². The molecule has 1 heterocycles. The number of nitrogens with zero attached hydrogens (tertiary/aromatic N) is 2. The molecular weight excluding hydrogens is 252 g/mol. The zero-order valence-electron chi connectivity index (χ0n) is 11.8. The Balaban J connectivity index is 1.51. The fourth-order valence-corrected chi connectivity index (χ4v) is 2.92. The molecule has 1 aliphatic heterocycles. The summed E-state index contributed by atoms with van der Waals surface area (Å²) < 4.78 is 0. The van der Waals surface area contributed by atoms with Crippen molar-refractivity contribution >= 4 is 5.97 Å². The summed E-state index contributed by atoms with van der Waals surface area (Å²) in [7, 11) is 0. The molecular formula is C16H22N2O2. The normalized spacial score (nSPS) is 21.0. The smallest absolute Gasteiger partial charge is 0.317 e. The number of carboxylic acid groups (broad SMARTS) is 1. The van der Waals surface area contributed by atoms with E-state index in [1.807, 2.05) is 4.90 Å². The van der Waals surface area contributed by atoms with E-state index in [4.69, 9.17) is 5.11 Å². The summed E-state index contributed by atoms with van der Waals surface area (Å²) in [5.41, 5.74) is 2.88. The van der Waals surface area contributed by atoms with Crippen molar-refractivity contribution < 1.29 is 9.90 Å². The van der Waals surface area contributed by atoms with E-state index < -0.39 is 5.97 Å². The van der Waals surface area contributed by atoms with Crippen molar-refractivity contribution in [3.8, 4) is 0 Å². The van der Waals surface area contributed by atoms with Crippen molar-refractivity contribution in [2.45, 2.75) is 25.3 Å². The van der Waals surface area contributed by atoms with Crippen LogP contribution in [0.4, 0.5) is 0 Å². The van der Waals surface area contributed by atoms with Crippen molar-refractivity contribution in [2.75, 3.05) is 32.7 Å². The molecule has 0 spiro atoms. The maximum absolute atomic E-state index is 10.7. The van der Waals surface area contributed by atoms with Gasteiger partial charge in [-0.25, -0.2) is 0 Å². The average Bonchev–Trinajstić information content (AvgIpc) is 3.25. The van der Waals surface area contributed by atoms with Gasteiger partial charge in [0, 0.05) is 32.7 Å². The number of hydrogen-bond donors (Lipinski definition) is 1. The number of rotatable bonds is 5. The van der Waals surface area contributed by atoms with Gasteiger partial charge in [-0.1, -0.05) is 24.3 Å². The second-order valence-corrected chi connectivity index (χ2v) is 5.97. The first-order chi connectivity index (χ1) is 9.70. The minimum absolute atomic E-state index is 0.172. The quantitative estimate of drug-likeness (QED) is 0.888. The number of carboxylic acids is 1. The van der Waals surface area contributed by atoms with E-state index in [9.17, 15) is 4.79 Å². The number of hydrogen-bond acceptors (Lipinski definition) is 3. The van der Waals surface area contributed by atoms with Crippen molar-refractivity contribution in [3.05, 3.63) is 35.4 Å². The molecule has 1 aromatic rings. The SMILES string of the molecule is O=C(O)CN1CCN(Cc2cccc(C3CC3)c2)CC1. The largest absolute Gasteiger partial charge is 0.480 e. The maximum Gasteiger partial charge on any atom is 0.317 e. The van der Waals surface area contributed by atoms with Gasteiger partial charge in [-0.05, 0) is 29.9 Å². The monoisotopic (exact) mass is 274 g/mol. The van der Waals surface area contributed by atoms with Crippen LogP contribution in [0.15, 0.2) is 24.3 Å². The Morgan fingerprint density at radius 2 is 1.85 bits per heavy atom. The molecule has 1 aromatic carbocycles. The van der Waals surface area contributed by atoms with E-state index in [0.29, 0.717) is 0 Å². The van der Waals surface area contributed by atoms with Crippen LogP contribution in [0.2, 0.25) is 0 Å². The van der Waals surface area contributed by atoms with E-state index >= 15 is 0 Å². The summed E-state index contributed by atoms with van der Waals surface area (Å²) in [6.45, 7) is 4.79. The minimum atomic E-state index is -0.726. The van der Waals surface area contributed by atoms with E-state index in [1.165, 1.54) is 24.0 Å². The Kier molecular flexibility index (Phi) is 4.03. The van der Waals surface area contributed by atoms with Gasteiger partial charge in [-0.15, -0.1) is 0 Å². The summed E-state index contributed by atoms with van der Waals surface area (Å²) in [6.07, 6.45) is 2.69. The lowest BCUT2D eigenvalue weighted by Crippen LogP contribution is -2.47. The Morgan fingerprint density at radius 1 is 1.15 bits per heavy atom. The summed E-state index contributed by atoms with van der Waals surface area (Å²) >= 11 is 0. The number of carbonyl (C=O) groups is 1. The predicted molar refractivity (Wildman–Crippen MR) is 77.8 cm³/mol. The van der Waals surface area contributed by atoms with Crippen LogP contribution in [0, 0.1) is 0 Å². The van der Waals surface area contributed by atoms with Crippen LogP contribution < -0.4 is 0 Å². The summed E-state index contributed by atoms with van der Waals surface area (Å²) in [6, 6.07) is 8.96. The van der Waals surface area contributed by atoms with Crippen molar-refractivity contribution in [1.82, 2.24) is 9.80 Å². The van der Waals surface area contributed by atoms with Crippen LogP contribution in [-0.4, -0.2) is 53.6 Å². The Bertz CT molecular complexity index is 477. The molecule has 4 heteroatoms. The maximum atomic E-state index is 10.7. The summed E-state index contributed by atoms with van der Waals surface area (Å²) in [4.78, 5) is 15.1. The molecule has 0 radical (unpaired) electrons. The molecule has 0 aromatic heterocycles. The third-order valence-electron chi connectivity index (χ3n) is 4.23. The predicted octanol–water partition coefficient (Wildman–Crippen LogP) is 1.77. The molecule has 1 saturated heterocycles. The van der Waals surface area contributed by atoms with Crippen molar-refractivity contribution in [2.24, 2.45) is 0 Å². The van der Waals surface area contributed by atoms with E-state index in [-0.39, 0.29) is 6.54 Å². The van der Waals surface area contributed by atoms with Crippen LogP contribution in [0.1, 0.15) is 29.9 Å². The molecule has 2 aliphatic rings. The van der Waals surface area contributed by atoms with Crippen molar-refractivity contribution in [1.29, 1.82) is 0 Å². The molecule has 0 bridgehead atoms. The molecule has 108 valence electrons. The van der Waals surface area contributed by atoms with Gasteiger partial charge in [0.15, 0.2) is 0 Å².